The van der Waals surface area contributed by atoms with Gasteiger partial charge in [0.25, 0.3) is 0 Å². The van der Waals surface area contributed by atoms with Gasteiger partial charge in [0.15, 0.2) is 11.2 Å². The van der Waals surface area contributed by atoms with E-state index in [1.807, 2.05) is 19.1 Å². The Bertz CT molecular complexity index is 429. The maximum absolute atomic E-state index is 6.13. The Labute approximate surface area is 88.5 Å². The lowest BCUT2D eigenvalue weighted by atomic mass is 9.98. The van der Waals surface area contributed by atoms with Gasteiger partial charge in [0, 0.05) is 6.20 Å². The number of hydrogen-bond acceptors (Lipinski definition) is 4. The van der Waals surface area contributed by atoms with Crippen molar-refractivity contribution in [2.75, 3.05) is 0 Å². The molecule has 1 unspecified atom stereocenters. The second kappa shape index (κ2) is 3.62. The number of nitrogens with zero attached hydrogens (tertiary/aromatic N) is 2. The first-order valence-corrected chi connectivity index (χ1v) is 5.14. The van der Waals surface area contributed by atoms with E-state index in [4.69, 9.17) is 10.2 Å². The second-order valence-electron chi connectivity index (χ2n) is 4.01. The summed E-state index contributed by atoms with van der Waals surface area (Å²) in [5.41, 5.74) is 6.94. The van der Waals surface area contributed by atoms with E-state index >= 15 is 0 Å². The molecule has 0 aromatic carbocycles. The normalized spacial score (nSPS) is 15.4. The summed E-state index contributed by atoms with van der Waals surface area (Å²) in [7, 11) is 0. The van der Waals surface area contributed by atoms with Crippen LogP contribution in [0.2, 0.25) is 0 Å². The molecule has 80 valence electrons. The highest BCUT2D eigenvalue weighted by Crippen LogP contribution is 2.25. The largest absolute Gasteiger partial charge is 0.437 e. The summed E-state index contributed by atoms with van der Waals surface area (Å²) in [6, 6.07) is 3.67. The van der Waals surface area contributed by atoms with Crippen LogP contribution in [-0.2, 0) is 5.54 Å². The lowest BCUT2D eigenvalue weighted by molar-refractivity contribution is 0.342. The van der Waals surface area contributed by atoms with Crippen molar-refractivity contribution < 1.29 is 4.42 Å². The molecule has 15 heavy (non-hydrogen) atoms. The third-order valence-corrected chi connectivity index (χ3v) is 2.42. The Balaban J connectivity index is 2.44. The fourth-order valence-corrected chi connectivity index (χ4v) is 1.64. The standard InChI is InChI=1S/C11H15N3O/c1-3-6-11(2,12)10-14-9-8(15-10)5-4-7-13-9/h4-5,7H,3,6,12H2,1-2H3. The Morgan fingerprint density at radius 2 is 2.33 bits per heavy atom. The average Bonchev–Trinajstić information content (AvgIpc) is 2.61. The van der Waals surface area contributed by atoms with Gasteiger partial charge in [-0.15, -0.1) is 0 Å². The summed E-state index contributed by atoms with van der Waals surface area (Å²) in [6.07, 6.45) is 3.54. The van der Waals surface area contributed by atoms with Crippen molar-refractivity contribution >= 4 is 11.2 Å². The Kier molecular flexibility index (Phi) is 2.44. The zero-order chi connectivity index (χ0) is 10.9. The van der Waals surface area contributed by atoms with Gasteiger partial charge in [-0.2, -0.15) is 4.98 Å². The first-order chi connectivity index (χ1) is 7.13. The number of nitrogens with two attached hydrogens (primary N) is 1. The van der Waals surface area contributed by atoms with Crippen LogP contribution in [0.25, 0.3) is 11.2 Å². The molecule has 0 aliphatic rings. The summed E-state index contributed by atoms with van der Waals surface area (Å²) in [5, 5.41) is 0. The van der Waals surface area contributed by atoms with Gasteiger partial charge < -0.3 is 10.2 Å². The van der Waals surface area contributed by atoms with E-state index in [0.29, 0.717) is 17.1 Å². The highest BCUT2D eigenvalue weighted by molar-refractivity contribution is 5.67. The van der Waals surface area contributed by atoms with E-state index in [9.17, 15) is 0 Å². The number of aromatic nitrogens is 2. The molecule has 0 aliphatic heterocycles. The van der Waals surface area contributed by atoms with Crippen molar-refractivity contribution in [3.05, 3.63) is 24.2 Å². The molecule has 0 spiro atoms. The van der Waals surface area contributed by atoms with Gasteiger partial charge in [0.05, 0.1) is 5.54 Å². The summed E-state index contributed by atoms with van der Waals surface area (Å²) < 4.78 is 5.59. The summed E-state index contributed by atoms with van der Waals surface area (Å²) in [4.78, 5) is 8.42. The van der Waals surface area contributed by atoms with Gasteiger partial charge in [-0.05, 0) is 25.5 Å². The second-order valence-corrected chi connectivity index (χ2v) is 4.01. The van der Waals surface area contributed by atoms with Crippen LogP contribution in [0.1, 0.15) is 32.6 Å². The molecular formula is C11H15N3O. The van der Waals surface area contributed by atoms with Gasteiger partial charge in [-0.1, -0.05) is 13.3 Å². The molecule has 4 heteroatoms. The Morgan fingerprint density at radius 3 is 3.00 bits per heavy atom. The van der Waals surface area contributed by atoms with Crippen molar-refractivity contribution in [1.29, 1.82) is 0 Å². The van der Waals surface area contributed by atoms with E-state index in [0.717, 1.165) is 12.8 Å². The van der Waals surface area contributed by atoms with Crippen LogP contribution in [-0.4, -0.2) is 9.97 Å². The molecule has 0 aliphatic carbocycles. The van der Waals surface area contributed by atoms with E-state index in [1.54, 1.807) is 6.20 Å². The number of fused-ring (bicyclic) bond motifs is 1. The molecule has 4 nitrogen and oxygen atoms in total. The molecule has 0 radical (unpaired) electrons. The molecule has 0 saturated carbocycles. The van der Waals surface area contributed by atoms with Gasteiger partial charge in [0.1, 0.15) is 0 Å². The molecule has 2 heterocycles. The van der Waals surface area contributed by atoms with Crippen LogP contribution < -0.4 is 5.73 Å². The van der Waals surface area contributed by atoms with Crippen molar-refractivity contribution in [3.8, 4) is 0 Å². The minimum Gasteiger partial charge on any atom is -0.437 e. The van der Waals surface area contributed by atoms with E-state index in [1.165, 1.54) is 0 Å². The SMILES string of the molecule is CCCC(C)(N)c1nc2ncccc2o1. The molecule has 0 saturated heterocycles. The predicted molar refractivity (Wildman–Crippen MR) is 58.3 cm³/mol. The van der Waals surface area contributed by atoms with Crippen molar-refractivity contribution in [1.82, 2.24) is 9.97 Å². The molecule has 0 amide bonds. The molecule has 2 aromatic heterocycles. The van der Waals surface area contributed by atoms with E-state index in [-0.39, 0.29) is 0 Å². The van der Waals surface area contributed by atoms with Crippen LogP contribution in [0.3, 0.4) is 0 Å². The molecule has 2 rings (SSSR count). The molecular weight excluding hydrogens is 190 g/mol. The monoisotopic (exact) mass is 205 g/mol. The third kappa shape index (κ3) is 1.85. The highest BCUT2D eigenvalue weighted by atomic mass is 16.4. The topological polar surface area (TPSA) is 64.9 Å². The molecule has 1 atom stereocenters. The molecule has 0 fully saturated rings. The van der Waals surface area contributed by atoms with Crippen LogP contribution in [0, 0.1) is 0 Å². The van der Waals surface area contributed by atoms with Crippen LogP contribution >= 0.6 is 0 Å². The van der Waals surface area contributed by atoms with Gasteiger partial charge >= 0.3 is 0 Å². The van der Waals surface area contributed by atoms with E-state index in [2.05, 4.69) is 16.9 Å². The lowest BCUT2D eigenvalue weighted by Gasteiger charge is -2.18. The molecule has 2 N–H and O–H groups in total. The van der Waals surface area contributed by atoms with Gasteiger partial charge in [0.2, 0.25) is 5.89 Å². The number of oxazole rings is 1. The van der Waals surface area contributed by atoms with Gasteiger partial charge in [-0.25, -0.2) is 4.98 Å². The maximum atomic E-state index is 6.13. The first kappa shape index (κ1) is 10.1. The Hall–Kier alpha value is -1.42. The van der Waals surface area contributed by atoms with E-state index < -0.39 is 5.54 Å². The minimum atomic E-state index is -0.505. The maximum Gasteiger partial charge on any atom is 0.216 e. The fraction of sp³-hybridized carbons (Fsp3) is 0.455. The molecule has 0 bridgehead atoms. The first-order valence-electron chi connectivity index (χ1n) is 5.14. The molecule has 2 aromatic rings. The smallest absolute Gasteiger partial charge is 0.216 e. The highest BCUT2D eigenvalue weighted by Gasteiger charge is 2.26. The zero-order valence-corrected chi connectivity index (χ0v) is 9.03. The van der Waals surface area contributed by atoms with Crippen LogP contribution in [0.15, 0.2) is 22.7 Å². The summed E-state index contributed by atoms with van der Waals surface area (Å²) >= 11 is 0. The van der Waals surface area contributed by atoms with Crippen molar-refractivity contribution in [2.45, 2.75) is 32.2 Å². The van der Waals surface area contributed by atoms with Crippen molar-refractivity contribution in [2.24, 2.45) is 5.73 Å². The fourth-order valence-electron chi connectivity index (χ4n) is 1.64. The number of pyridine rings is 1. The van der Waals surface area contributed by atoms with Gasteiger partial charge in [-0.3, -0.25) is 0 Å². The third-order valence-electron chi connectivity index (χ3n) is 2.42. The van der Waals surface area contributed by atoms with Crippen LogP contribution in [0.5, 0.6) is 0 Å². The quantitative estimate of drug-likeness (QED) is 0.834. The van der Waals surface area contributed by atoms with Crippen molar-refractivity contribution in [3.63, 3.8) is 0 Å². The predicted octanol–water partition coefficient (Wildman–Crippen LogP) is 2.20. The number of rotatable bonds is 3. The lowest BCUT2D eigenvalue weighted by Crippen LogP contribution is -2.33. The zero-order valence-electron chi connectivity index (χ0n) is 9.03. The average molecular weight is 205 g/mol. The minimum absolute atomic E-state index is 0.505. The number of hydrogen-bond donors (Lipinski definition) is 1. The summed E-state index contributed by atoms with van der Waals surface area (Å²) in [6.45, 7) is 4.02. The summed E-state index contributed by atoms with van der Waals surface area (Å²) in [5.74, 6) is 0.568. The Morgan fingerprint density at radius 1 is 1.53 bits per heavy atom. The van der Waals surface area contributed by atoms with Crippen LogP contribution in [0.4, 0.5) is 0 Å².